The Morgan fingerprint density at radius 1 is 1.17 bits per heavy atom. The van der Waals surface area contributed by atoms with Crippen LogP contribution in [0.3, 0.4) is 0 Å². The van der Waals surface area contributed by atoms with E-state index in [-0.39, 0.29) is 29.6 Å². The fourth-order valence-electron chi connectivity index (χ4n) is 5.26. The quantitative estimate of drug-likeness (QED) is 0.661. The molecule has 0 aromatic heterocycles. The molecule has 3 rings (SSSR count). The maximum absolute atomic E-state index is 13.2. The number of rotatable bonds is 8. The third kappa shape index (κ3) is 4.18. The van der Waals surface area contributed by atoms with E-state index >= 15 is 0 Å². The van der Waals surface area contributed by atoms with Gasteiger partial charge in [0, 0.05) is 39.4 Å². The molecule has 1 aliphatic heterocycles. The van der Waals surface area contributed by atoms with E-state index < -0.39 is 0 Å². The van der Waals surface area contributed by atoms with Crippen LogP contribution in [0.5, 0.6) is 0 Å². The first-order valence-electron chi connectivity index (χ1n) is 10.9. The summed E-state index contributed by atoms with van der Waals surface area (Å²) in [6.45, 7) is 2.03. The normalized spacial score (nSPS) is 26.6. The Balaban J connectivity index is 1.83. The lowest BCUT2D eigenvalue weighted by atomic mass is 9.68. The van der Waals surface area contributed by atoms with Crippen molar-refractivity contribution in [3.05, 3.63) is 35.9 Å². The van der Waals surface area contributed by atoms with E-state index in [1.54, 1.807) is 19.1 Å². The number of methoxy groups -OCH3 is 1. The van der Waals surface area contributed by atoms with Gasteiger partial charge in [-0.25, -0.2) is 4.79 Å². The van der Waals surface area contributed by atoms with Crippen LogP contribution < -0.4 is 5.32 Å². The van der Waals surface area contributed by atoms with Crippen molar-refractivity contribution >= 4 is 11.9 Å². The van der Waals surface area contributed by atoms with Crippen molar-refractivity contribution in [1.29, 1.82) is 0 Å². The number of amides is 3. The number of urea groups is 1. The number of likely N-dealkylation sites (N-methyl/N-ethyl adjacent to an activating group) is 1. The molecule has 1 aromatic rings. The monoisotopic (exact) mass is 416 g/mol. The first kappa shape index (κ1) is 22.6. The molecule has 0 atom stereocenters. The molecule has 1 saturated carbocycles. The second kappa shape index (κ2) is 9.35. The summed E-state index contributed by atoms with van der Waals surface area (Å²) in [4.78, 5) is 31.3. The maximum atomic E-state index is 13.2. The number of hydrogen-bond acceptors (Lipinski definition) is 4. The lowest BCUT2D eigenvalue weighted by Crippen LogP contribution is -2.55. The van der Waals surface area contributed by atoms with Gasteiger partial charge < -0.3 is 19.9 Å². The first-order valence-corrected chi connectivity index (χ1v) is 10.9. The molecule has 1 spiro atoms. The molecule has 1 saturated heterocycles. The fourth-order valence-corrected chi connectivity index (χ4v) is 5.26. The molecule has 2 fully saturated rings. The minimum atomic E-state index is -0.215. The Labute approximate surface area is 180 Å². The van der Waals surface area contributed by atoms with E-state index in [2.05, 4.69) is 54.6 Å². The summed E-state index contributed by atoms with van der Waals surface area (Å²) < 4.78 is 5.22. The molecule has 1 aromatic carbocycles. The minimum Gasteiger partial charge on any atom is -0.385 e. The molecule has 166 valence electrons. The molecule has 1 aliphatic carbocycles. The lowest BCUT2D eigenvalue weighted by Gasteiger charge is -2.51. The second-order valence-electron chi connectivity index (χ2n) is 8.83. The van der Waals surface area contributed by atoms with E-state index in [4.69, 9.17) is 4.74 Å². The van der Waals surface area contributed by atoms with Gasteiger partial charge in [-0.05, 0) is 51.8 Å². The predicted molar refractivity (Wildman–Crippen MR) is 117 cm³/mol. The maximum Gasteiger partial charge on any atom is 0.321 e. The van der Waals surface area contributed by atoms with Gasteiger partial charge in [-0.1, -0.05) is 30.3 Å². The van der Waals surface area contributed by atoms with Crippen LogP contribution in [0, 0.1) is 0 Å². The van der Waals surface area contributed by atoms with Crippen molar-refractivity contribution in [2.75, 3.05) is 54.5 Å². The molecule has 7 heteroatoms. The van der Waals surface area contributed by atoms with Crippen LogP contribution in [0.4, 0.5) is 4.79 Å². The summed E-state index contributed by atoms with van der Waals surface area (Å²) in [5, 5.41) is 2.64. The first-order chi connectivity index (χ1) is 14.4. The molecule has 1 heterocycles. The van der Waals surface area contributed by atoms with E-state index in [1.165, 1.54) is 5.56 Å². The Bertz CT molecular complexity index is 729. The van der Waals surface area contributed by atoms with Gasteiger partial charge in [0.25, 0.3) is 0 Å². The number of nitrogens with zero attached hydrogens (tertiary/aromatic N) is 3. The molecule has 1 N–H and O–H groups in total. The number of carbonyl (C=O) groups excluding carboxylic acids is 2. The Hall–Kier alpha value is -2.12. The highest BCUT2D eigenvalue weighted by Gasteiger charge is 2.54. The molecule has 0 unspecified atom stereocenters. The van der Waals surface area contributed by atoms with Gasteiger partial charge in [-0.15, -0.1) is 0 Å². The molecule has 0 radical (unpaired) electrons. The Morgan fingerprint density at radius 2 is 1.83 bits per heavy atom. The molecule has 7 nitrogen and oxygen atoms in total. The lowest BCUT2D eigenvalue weighted by molar-refractivity contribution is -0.121. The largest absolute Gasteiger partial charge is 0.385 e. The number of hydrogen-bond donors (Lipinski definition) is 1. The van der Waals surface area contributed by atoms with Crippen LogP contribution in [-0.4, -0.2) is 86.7 Å². The fraction of sp³-hybridized carbons (Fsp3) is 0.652. The van der Waals surface area contributed by atoms with Crippen molar-refractivity contribution in [3.63, 3.8) is 0 Å². The molecule has 0 bridgehead atoms. The number of benzene rings is 1. The summed E-state index contributed by atoms with van der Waals surface area (Å²) in [5.74, 6) is -0.125. The summed E-state index contributed by atoms with van der Waals surface area (Å²) in [7, 11) is 7.60. The summed E-state index contributed by atoms with van der Waals surface area (Å²) in [6.07, 6.45) is 4.60. The molecular formula is C23H36N4O3. The Kier molecular flexibility index (Phi) is 7.03. The topological polar surface area (TPSA) is 65.1 Å². The number of carbonyl (C=O) groups is 2. The average molecular weight is 417 g/mol. The standard InChI is InChI=1S/C23H36N4O3/c1-24-20(28)17-26-18-22(27(21(26)29)15-8-16-30-4)11-13-23(14-12-22,25(2)3)19-9-6-5-7-10-19/h5-7,9-10H,8,11-18H2,1-4H3,(H,24,28). The van der Waals surface area contributed by atoms with Crippen LogP contribution in [0.1, 0.15) is 37.7 Å². The zero-order chi connectivity index (χ0) is 21.8. The second-order valence-corrected chi connectivity index (χ2v) is 8.83. The highest BCUT2D eigenvalue weighted by Crippen LogP contribution is 2.48. The molecule has 3 amide bonds. The van der Waals surface area contributed by atoms with Crippen LogP contribution in [0.15, 0.2) is 30.3 Å². The predicted octanol–water partition coefficient (Wildman–Crippen LogP) is 2.28. The van der Waals surface area contributed by atoms with Crippen molar-refractivity contribution in [1.82, 2.24) is 20.0 Å². The van der Waals surface area contributed by atoms with Crippen LogP contribution in [0.25, 0.3) is 0 Å². The van der Waals surface area contributed by atoms with Crippen molar-refractivity contribution in [3.8, 4) is 0 Å². The highest BCUT2D eigenvalue weighted by molar-refractivity contribution is 5.85. The van der Waals surface area contributed by atoms with E-state index in [1.807, 2.05) is 4.90 Å². The van der Waals surface area contributed by atoms with Gasteiger partial charge in [0.05, 0.1) is 5.54 Å². The van der Waals surface area contributed by atoms with Gasteiger partial charge in [-0.2, -0.15) is 0 Å². The zero-order valence-electron chi connectivity index (χ0n) is 18.8. The smallest absolute Gasteiger partial charge is 0.321 e. The SMILES string of the molecule is CNC(=O)CN1CC2(CCC(c3ccccc3)(N(C)C)CC2)N(CCCOC)C1=O. The molecule has 30 heavy (non-hydrogen) atoms. The van der Waals surface area contributed by atoms with Crippen molar-refractivity contribution in [2.24, 2.45) is 0 Å². The summed E-state index contributed by atoms with van der Waals surface area (Å²) in [5.41, 5.74) is 1.09. The van der Waals surface area contributed by atoms with Crippen molar-refractivity contribution < 1.29 is 14.3 Å². The third-order valence-corrected chi connectivity index (χ3v) is 7.08. The van der Waals surface area contributed by atoms with E-state index in [0.29, 0.717) is 19.7 Å². The molecular weight excluding hydrogens is 380 g/mol. The third-order valence-electron chi connectivity index (χ3n) is 7.08. The minimum absolute atomic E-state index is 0.0215. The number of ether oxygens (including phenoxy) is 1. The molecule has 2 aliphatic rings. The summed E-state index contributed by atoms with van der Waals surface area (Å²) >= 11 is 0. The van der Waals surface area contributed by atoms with Gasteiger partial charge in [0.15, 0.2) is 0 Å². The van der Waals surface area contributed by atoms with Gasteiger partial charge in [0.2, 0.25) is 5.91 Å². The highest BCUT2D eigenvalue weighted by atomic mass is 16.5. The average Bonchev–Trinajstić information content (AvgIpc) is 3.00. The van der Waals surface area contributed by atoms with Crippen LogP contribution >= 0.6 is 0 Å². The zero-order valence-corrected chi connectivity index (χ0v) is 18.8. The van der Waals surface area contributed by atoms with Crippen LogP contribution in [0.2, 0.25) is 0 Å². The summed E-state index contributed by atoms with van der Waals surface area (Å²) in [6, 6.07) is 10.7. The van der Waals surface area contributed by atoms with Crippen LogP contribution in [-0.2, 0) is 15.1 Å². The van der Waals surface area contributed by atoms with Gasteiger partial charge >= 0.3 is 6.03 Å². The Morgan fingerprint density at radius 3 is 2.40 bits per heavy atom. The van der Waals surface area contributed by atoms with Crippen molar-refractivity contribution in [2.45, 2.75) is 43.2 Å². The van der Waals surface area contributed by atoms with Gasteiger partial charge in [-0.3, -0.25) is 9.69 Å². The van der Waals surface area contributed by atoms with E-state index in [0.717, 1.165) is 32.1 Å². The number of nitrogens with one attached hydrogen (secondary N) is 1. The van der Waals surface area contributed by atoms with E-state index in [9.17, 15) is 9.59 Å². The van der Waals surface area contributed by atoms with Gasteiger partial charge in [0.1, 0.15) is 6.54 Å².